The Morgan fingerprint density at radius 3 is 2.36 bits per heavy atom. The molecule has 0 radical (unpaired) electrons. The van der Waals surface area contributed by atoms with Crippen molar-refractivity contribution in [3.05, 3.63) is 15.9 Å². The predicted molar refractivity (Wildman–Crippen MR) is 88.4 cm³/mol. The molecule has 1 amide bonds. The standard InChI is InChI=1S/C13H18BrN3O3S2/c1-15-5-4-10(13(15)18)16-6-8-17(9-7-16)22(19,20)12-3-2-11(14)21-12/h2-3,10H,4-9H2,1H3. The van der Waals surface area contributed by atoms with Gasteiger partial charge >= 0.3 is 0 Å². The Labute approximate surface area is 142 Å². The molecule has 2 aliphatic heterocycles. The molecule has 0 aliphatic carbocycles. The van der Waals surface area contributed by atoms with Crippen LogP contribution in [0.15, 0.2) is 20.1 Å². The first-order valence-electron chi connectivity index (χ1n) is 7.14. The number of likely N-dealkylation sites (tertiary alicyclic amines) is 1. The van der Waals surface area contributed by atoms with Crippen LogP contribution < -0.4 is 0 Å². The van der Waals surface area contributed by atoms with Gasteiger partial charge in [0, 0.05) is 39.8 Å². The van der Waals surface area contributed by atoms with Gasteiger partial charge in [-0.1, -0.05) is 0 Å². The molecule has 2 aliphatic rings. The summed E-state index contributed by atoms with van der Waals surface area (Å²) in [4.78, 5) is 15.9. The lowest BCUT2D eigenvalue weighted by atomic mass is 10.2. The minimum atomic E-state index is -3.41. The molecule has 22 heavy (non-hydrogen) atoms. The number of thiophene rings is 1. The van der Waals surface area contributed by atoms with E-state index in [-0.39, 0.29) is 11.9 Å². The second-order valence-corrected chi connectivity index (χ2v) is 10.2. The van der Waals surface area contributed by atoms with Gasteiger partial charge in [0.25, 0.3) is 10.0 Å². The molecule has 0 N–H and O–H groups in total. The minimum absolute atomic E-state index is 0.0780. The van der Waals surface area contributed by atoms with E-state index in [9.17, 15) is 13.2 Å². The topological polar surface area (TPSA) is 60.9 Å². The molecule has 0 spiro atoms. The van der Waals surface area contributed by atoms with Gasteiger partial charge in [-0.3, -0.25) is 9.69 Å². The van der Waals surface area contributed by atoms with E-state index >= 15 is 0 Å². The van der Waals surface area contributed by atoms with Gasteiger partial charge in [0.2, 0.25) is 5.91 Å². The van der Waals surface area contributed by atoms with Crippen LogP contribution in [0.1, 0.15) is 6.42 Å². The molecule has 1 aromatic heterocycles. The summed E-state index contributed by atoms with van der Waals surface area (Å²) in [7, 11) is -1.60. The summed E-state index contributed by atoms with van der Waals surface area (Å²) in [6, 6.07) is 3.30. The highest BCUT2D eigenvalue weighted by Gasteiger charge is 2.37. The van der Waals surface area contributed by atoms with Crippen molar-refractivity contribution in [1.29, 1.82) is 0 Å². The highest BCUT2D eigenvalue weighted by molar-refractivity contribution is 9.11. The number of amides is 1. The smallest absolute Gasteiger partial charge is 0.252 e. The Hall–Kier alpha value is -0.480. The van der Waals surface area contributed by atoms with Gasteiger partial charge in [0.1, 0.15) is 4.21 Å². The normalized spacial score (nSPS) is 25.1. The third-order valence-electron chi connectivity index (χ3n) is 4.26. The number of hydrogen-bond donors (Lipinski definition) is 0. The summed E-state index contributed by atoms with van der Waals surface area (Å²) in [6.45, 7) is 2.87. The quantitative estimate of drug-likeness (QED) is 0.750. The van der Waals surface area contributed by atoms with Crippen LogP contribution in [0.4, 0.5) is 0 Å². The van der Waals surface area contributed by atoms with Gasteiger partial charge in [-0.25, -0.2) is 8.42 Å². The van der Waals surface area contributed by atoms with Crippen molar-refractivity contribution in [2.75, 3.05) is 39.8 Å². The molecule has 0 aromatic carbocycles. The maximum atomic E-state index is 12.6. The molecule has 122 valence electrons. The number of carbonyl (C=O) groups is 1. The van der Waals surface area contributed by atoms with Crippen molar-refractivity contribution in [3.8, 4) is 0 Å². The van der Waals surface area contributed by atoms with Gasteiger partial charge in [-0.15, -0.1) is 11.3 Å². The monoisotopic (exact) mass is 407 g/mol. The number of nitrogens with zero attached hydrogens (tertiary/aromatic N) is 3. The van der Waals surface area contributed by atoms with Crippen molar-refractivity contribution < 1.29 is 13.2 Å². The summed E-state index contributed by atoms with van der Waals surface area (Å²) in [5.74, 6) is 0.151. The molecule has 0 bridgehead atoms. The molecule has 1 aromatic rings. The van der Waals surface area contributed by atoms with Crippen LogP contribution in [-0.2, 0) is 14.8 Å². The molecule has 2 fully saturated rings. The maximum Gasteiger partial charge on any atom is 0.252 e. The number of rotatable bonds is 3. The number of sulfonamides is 1. The van der Waals surface area contributed by atoms with Crippen LogP contribution >= 0.6 is 27.3 Å². The number of carbonyl (C=O) groups excluding carboxylic acids is 1. The van der Waals surface area contributed by atoms with Gasteiger partial charge < -0.3 is 4.90 Å². The Bertz CT molecular complexity index is 668. The van der Waals surface area contributed by atoms with Gasteiger partial charge in [-0.05, 0) is 34.5 Å². The second-order valence-electron chi connectivity index (χ2n) is 5.56. The van der Waals surface area contributed by atoms with Crippen LogP contribution in [0.5, 0.6) is 0 Å². The van der Waals surface area contributed by atoms with E-state index in [4.69, 9.17) is 0 Å². The van der Waals surface area contributed by atoms with E-state index in [0.717, 1.165) is 16.8 Å². The average Bonchev–Trinajstić information content (AvgIpc) is 3.07. The van der Waals surface area contributed by atoms with Gasteiger partial charge in [0.05, 0.1) is 9.83 Å². The van der Waals surface area contributed by atoms with E-state index in [0.29, 0.717) is 30.4 Å². The highest BCUT2D eigenvalue weighted by atomic mass is 79.9. The number of likely N-dealkylation sites (N-methyl/N-ethyl adjacent to an activating group) is 1. The van der Waals surface area contributed by atoms with Gasteiger partial charge in [-0.2, -0.15) is 4.31 Å². The zero-order chi connectivity index (χ0) is 15.9. The van der Waals surface area contributed by atoms with Crippen LogP contribution in [0, 0.1) is 0 Å². The predicted octanol–water partition coefficient (Wildman–Crippen LogP) is 1.05. The molecule has 9 heteroatoms. The fourth-order valence-electron chi connectivity index (χ4n) is 2.96. The first-order chi connectivity index (χ1) is 10.4. The van der Waals surface area contributed by atoms with Crippen molar-refractivity contribution in [2.24, 2.45) is 0 Å². The molecule has 3 heterocycles. The SMILES string of the molecule is CN1CCC(N2CCN(S(=O)(=O)c3ccc(Br)s3)CC2)C1=O. The maximum absolute atomic E-state index is 12.6. The van der Waals surface area contributed by atoms with Crippen LogP contribution in [0.3, 0.4) is 0 Å². The van der Waals surface area contributed by atoms with Crippen molar-refractivity contribution in [1.82, 2.24) is 14.1 Å². The second kappa shape index (κ2) is 6.20. The highest BCUT2D eigenvalue weighted by Crippen LogP contribution is 2.29. The summed E-state index contributed by atoms with van der Waals surface area (Å²) in [5, 5.41) is 0. The minimum Gasteiger partial charge on any atom is -0.344 e. The fraction of sp³-hybridized carbons (Fsp3) is 0.615. The van der Waals surface area contributed by atoms with E-state index in [2.05, 4.69) is 20.8 Å². The lowest BCUT2D eigenvalue weighted by molar-refractivity contribution is -0.131. The lowest BCUT2D eigenvalue weighted by Gasteiger charge is -2.36. The molecular formula is C13H18BrN3O3S2. The van der Waals surface area contributed by atoms with Crippen LogP contribution in [0.25, 0.3) is 0 Å². The van der Waals surface area contributed by atoms with Crippen molar-refractivity contribution in [3.63, 3.8) is 0 Å². The molecule has 1 unspecified atom stereocenters. The lowest BCUT2D eigenvalue weighted by Crippen LogP contribution is -2.53. The van der Waals surface area contributed by atoms with Gasteiger partial charge in [0.15, 0.2) is 0 Å². The summed E-state index contributed by atoms with van der Waals surface area (Å²) in [6.07, 6.45) is 0.833. The Balaban J connectivity index is 1.66. The Morgan fingerprint density at radius 2 is 1.86 bits per heavy atom. The van der Waals surface area contributed by atoms with Crippen LogP contribution in [0.2, 0.25) is 0 Å². The number of halogens is 1. The van der Waals surface area contributed by atoms with E-state index < -0.39 is 10.0 Å². The number of hydrogen-bond acceptors (Lipinski definition) is 5. The third kappa shape index (κ3) is 2.96. The average molecular weight is 408 g/mol. The Morgan fingerprint density at radius 1 is 1.18 bits per heavy atom. The van der Waals surface area contributed by atoms with E-state index in [1.807, 2.05) is 7.05 Å². The summed E-state index contributed by atoms with van der Waals surface area (Å²) >= 11 is 4.53. The molecule has 2 saturated heterocycles. The van der Waals surface area contributed by atoms with Crippen molar-refractivity contribution >= 4 is 43.2 Å². The van der Waals surface area contributed by atoms with Crippen molar-refractivity contribution in [2.45, 2.75) is 16.7 Å². The van der Waals surface area contributed by atoms with E-state index in [1.54, 1.807) is 17.0 Å². The zero-order valence-electron chi connectivity index (χ0n) is 12.2. The molecular weight excluding hydrogens is 390 g/mol. The van der Waals surface area contributed by atoms with E-state index in [1.165, 1.54) is 15.6 Å². The van der Waals surface area contributed by atoms with Crippen LogP contribution in [-0.4, -0.2) is 74.2 Å². The summed E-state index contributed by atoms with van der Waals surface area (Å²) < 4.78 is 27.8. The largest absolute Gasteiger partial charge is 0.344 e. The fourth-order valence-corrected chi connectivity index (χ4v) is 6.55. The Kier molecular flexibility index (Phi) is 4.61. The molecule has 6 nitrogen and oxygen atoms in total. The molecule has 1 atom stereocenters. The zero-order valence-corrected chi connectivity index (χ0v) is 15.5. The number of piperazine rings is 1. The molecule has 3 rings (SSSR count). The molecule has 0 saturated carbocycles. The first kappa shape index (κ1) is 16.4. The summed E-state index contributed by atoms with van der Waals surface area (Å²) in [5.41, 5.74) is 0. The first-order valence-corrected chi connectivity index (χ1v) is 10.2. The third-order valence-corrected chi connectivity index (χ3v) is 8.25.